The number of hydrogen-bond acceptors (Lipinski definition) is 6. The van der Waals surface area contributed by atoms with Gasteiger partial charge >= 0.3 is 0 Å². The predicted octanol–water partition coefficient (Wildman–Crippen LogP) is 2.47. The molecule has 0 saturated carbocycles. The molecule has 9 heteroatoms. The number of carbonyl (C=O) groups excluding carboxylic acids is 1. The molecular formula is C19H23N3O4S2. The standard InChI is InChI=1S/C19H23N3O4S2/c1-3-20-28(24)17-10-6-15(7-11-17)21-19(27)22-18(23)14-4-8-16(9-5-14)26-13-12-25-2/h4-11,20H,3,12-13H2,1-2H3,(H2,21,22,23,27). The molecule has 0 fully saturated rings. The van der Waals surface area contributed by atoms with Gasteiger partial charge in [0.25, 0.3) is 5.91 Å². The van der Waals surface area contributed by atoms with Gasteiger partial charge in [-0.1, -0.05) is 0 Å². The van der Waals surface area contributed by atoms with Gasteiger partial charge in [0.1, 0.15) is 12.4 Å². The van der Waals surface area contributed by atoms with Crippen molar-refractivity contribution in [3.05, 3.63) is 54.1 Å². The van der Waals surface area contributed by atoms with Crippen LogP contribution in [0.25, 0.3) is 0 Å². The Hall–Kier alpha value is -2.17. The minimum atomic E-state index is -1.24. The van der Waals surface area contributed by atoms with Crippen LogP contribution in [0.3, 0.4) is 0 Å². The molecule has 0 aromatic heterocycles. The van der Waals surface area contributed by atoms with E-state index in [1.807, 2.05) is 6.92 Å². The molecule has 28 heavy (non-hydrogen) atoms. The fourth-order valence-electron chi connectivity index (χ4n) is 2.16. The normalized spacial score (nSPS) is 11.5. The summed E-state index contributed by atoms with van der Waals surface area (Å²) in [5.74, 6) is 0.329. The molecule has 0 bridgehead atoms. The lowest BCUT2D eigenvalue weighted by Crippen LogP contribution is -2.34. The Morgan fingerprint density at radius 1 is 1.11 bits per heavy atom. The Labute approximate surface area is 173 Å². The Morgan fingerprint density at radius 3 is 2.39 bits per heavy atom. The maximum absolute atomic E-state index is 12.3. The molecule has 2 aromatic carbocycles. The number of methoxy groups -OCH3 is 1. The van der Waals surface area contributed by atoms with Crippen molar-refractivity contribution in [3.63, 3.8) is 0 Å². The van der Waals surface area contributed by atoms with E-state index in [1.165, 1.54) is 0 Å². The maximum Gasteiger partial charge on any atom is 0.257 e. The number of benzene rings is 2. The highest BCUT2D eigenvalue weighted by atomic mass is 32.2. The van der Waals surface area contributed by atoms with Gasteiger partial charge in [0.2, 0.25) is 0 Å². The number of rotatable bonds is 9. The third kappa shape index (κ3) is 7.10. The average Bonchev–Trinajstić information content (AvgIpc) is 2.69. The van der Waals surface area contributed by atoms with E-state index < -0.39 is 11.4 Å². The highest BCUT2D eigenvalue weighted by Gasteiger charge is 2.11. The highest BCUT2D eigenvalue weighted by Crippen LogP contribution is 2.14. The fraction of sp³-hybridized carbons (Fsp3) is 0.263. The highest BCUT2D eigenvalue weighted by molar-refractivity contribution is 7.89. The quantitative estimate of drug-likeness (QED) is 0.325. The molecule has 150 valence electrons. The van der Waals surface area contributed by atoms with Gasteiger partial charge in [-0.3, -0.25) is 10.1 Å². The lowest BCUT2D eigenvalue weighted by Gasteiger charge is -2.12. The monoisotopic (exact) mass is 421 g/mol. The second-order valence-corrected chi connectivity index (χ2v) is 7.27. The van der Waals surface area contributed by atoms with Crippen LogP contribution in [0.15, 0.2) is 53.4 Å². The van der Waals surface area contributed by atoms with Crippen LogP contribution < -0.4 is 20.1 Å². The topological polar surface area (TPSA) is 94.7 Å². The minimum absolute atomic E-state index is 0.172. The summed E-state index contributed by atoms with van der Waals surface area (Å²) in [4.78, 5) is 12.9. The van der Waals surface area contributed by atoms with E-state index in [9.17, 15) is 9.35 Å². The molecule has 7 nitrogen and oxygen atoms in total. The zero-order valence-corrected chi connectivity index (χ0v) is 17.3. The summed E-state index contributed by atoms with van der Waals surface area (Å²) in [6.45, 7) is 3.44. The molecule has 1 amide bonds. The van der Waals surface area contributed by atoms with Crippen LogP contribution in [-0.2, 0) is 16.1 Å². The molecule has 0 radical (unpaired) electrons. The third-order valence-corrected chi connectivity index (χ3v) is 4.96. The summed E-state index contributed by atoms with van der Waals surface area (Å²) in [7, 11) is 1.60. The SMILES string of the molecule is CCN[S+]([O-])c1ccc(NC(=S)NC(=O)c2ccc(OCCOC)cc2)cc1. The molecule has 2 rings (SSSR count). The number of carbonyl (C=O) groups is 1. The van der Waals surface area contributed by atoms with Gasteiger partial charge in [0.05, 0.1) is 18.0 Å². The van der Waals surface area contributed by atoms with Crippen molar-refractivity contribution < 1.29 is 18.8 Å². The van der Waals surface area contributed by atoms with Crippen molar-refractivity contribution >= 4 is 40.3 Å². The molecule has 3 N–H and O–H groups in total. The summed E-state index contributed by atoms with van der Waals surface area (Å²) in [5, 5.41) is 5.72. The lowest BCUT2D eigenvalue weighted by atomic mass is 10.2. The molecule has 0 saturated heterocycles. The molecular weight excluding hydrogens is 398 g/mol. The van der Waals surface area contributed by atoms with Crippen LogP contribution in [0.5, 0.6) is 5.75 Å². The van der Waals surface area contributed by atoms with E-state index in [-0.39, 0.29) is 11.0 Å². The van der Waals surface area contributed by atoms with Gasteiger partial charge in [-0.05, 0) is 67.7 Å². The van der Waals surface area contributed by atoms with E-state index in [1.54, 1.807) is 55.6 Å². The van der Waals surface area contributed by atoms with Crippen molar-refractivity contribution in [2.24, 2.45) is 0 Å². The average molecular weight is 422 g/mol. The van der Waals surface area contributed by atoms with Crippen LogP contribution in [0, 0.1) is 0 Å². The van der Waals surface area contributed by atoms with Gasteiger partial charge in [-0.15, -0.1) is 4.72 Å². The van der Waals surface area contributed by atoms with Crippen molar-refractivity contribution in [1.29, 1.82) is 0 Å². The van der Waals surface area contributed by atoms with E-state index in [0.29, 0.717) is 41.7 Å². The molecule has 0 spiro atoms. The first-order chi connectivity index (χ1) is 13.5. The second kappa shape index (κ2) is 11.6. The number of nitrogens with one attached hydrogen (secondary N) is 3. The number of amides is 1. The fourth-order valence-corrected chi connectivity index (χ4v) is 3.18. The summed E-state index contributed by atoms with van der Waals surface area (Å²) in [5.41, 5.74) is 1.14. The van der Waals surface area contributed by atoms with E-state index in [0.717, 1.165) is 0 Å². The third-order valence-electron chi connectivity index (χ3n) is 3.50. The van der Waals surface area contributed by atoms with Crippen molar-refractivity contribution in [3.8, 4) is 5.75 Å². The Morgan fingerprint density at radius 2 is 1.79 bits per heavy atom. The summed E-state index contributed by atoms with van der Waals surface area (Å²) < 4.78 is 25.1. The first-order valence-corrected chi connectivity index (χ1v) is 10.2. The van der Waals surface area contributed by atoms with Crippen molar-refractivity contribution in [2.75, 3.05) is 32.2 Å². The van der Waals surface area contributed by atoms with Crippen LogP contribution in [0.2, 0.25) is 0 Å². The zero-order valence-electron chi connectivity index (χ0n) is 15.7. The molecule has 1 unspecified atom stereocenters. The second-order valence-electron chi connectivity index (χ2n) is 5.56. The van der Waals surface area contributed by atoms with E-state index >= 15 is 0 Å². The molecule has 0 heterocycles. The number of ether oxygens (including phenoxy) is 2. The number of hydrogen-bond donors (Lipinski definition) is 3. The van der Waals surface area contributed by atoms with E-state index in [4.69, 9.17) is 21.7 Å². The Balaban J connectivity index is 1.85. The summed E-state index contributed by atoms with van der Waals surface area (Å²) in [6, 6.07) is 13.7. The van der Waals surface area contributed by atoms with Crippen LogP contribution in [0.1, 0.15) is 17.3 Å². The smallest absolute Gasteiger partial charge is 0.257 e. The molecule has 0 aliphatic heterocycles. The van der Waals surface area contributed by atoms with Gasteiger partial charge in [0.15, 0.2) is 10.0 Å². The van der Waals surface area contributed by atoms with Gasteiger partial charge in [0, 0.05) is 24.9 Å². The predicted molar refractivity (Wildman–Crippen MR) is 114 cm³/mol. The summed E-state index contributed by atoms with van der Waals surface area (Å²) >= 11 is 3.94. The zero-order chi connectivity index (χ0) is 20.4. The Bertz CT molecular complexity index is 770. The largest absolute Gasteiger partial charge is 0.593 e. The van der Waals surface area contributed by atoms with Crippen LogP contribution in [-0.4, -0.2) is 42.4 Å². The van der Waals surface area contributed by atoms with Crippen LogP contribution in [0.4, 0.5) is 5.69 Å². The van der Waals surface area contributed by atoms with Gasteiger partial charge in [-0.25, -0.2) is 0 Å². The van der Waals surface area contributed by atoms with Crippen molar-refractivity contribution in [1.82, 2.24) is 10.0 Å². The molecule has 1 atom stereocenters. The van der Waals surface area contributed by atoms with Gasteiger partial charge in [-0.2, -0.15) is 0 Å². The van der Waals surface area contributed by atoms with E-state index in [2.05, 4.69) is 15.4 Å². The van der Waals surface area contributed by atoms with Crippen molar-refractivity contribution in [2.45, 2.75) is 11.8 Å². The maximum atomic E-state index is 12.3. The molecule has 0 aliphatic carbocycles. The first-order valence-electron chi connectivity index (χ1n) is 8.63. The molecule has 2 aromatic rings. The summed E-state index contributed by atoms with van der Waals surface area (Å²) in [6.07, 6.45) is 0. The minimum Gasteiger partial charge on any atom is -0.593 e. The van der Waals surface area contributed by atoms with Crippen LogP contribution >= 0.6 is 12.2 Å². The lowest BCUT2D eigenvalue weighted by molar-refractivity contribution is 0.0977. The van der Waals surface area contributed by atoms with Gasteiger partial charge < -0.3 is 19.3 Å². The Kier molecular flexibility index (Phi) is 9.18. The number of anilines is 1. The number of thiocarbonyl (C=S) groups is 1. The first kappa shape index (κ1) is 22.1. The molecule has 0 aliphatic rings.